The molecule has 0 saturated carbocycles. The van der Waals surface area contributed by atoms with Gasteiger partial charge in [0.05, 0.1) is 6.42 Å². The van der Waals surface area contributed by atoms with E-state index < -0.39 is 21.0 Å². The van der Waals surface area contributed by atoms with Crippen LogP contribution in [-0.2, 0) is 11.2 Å². The second-order valence-corrected chi connectivity index (χ2v) is 7.80. The number of imidazole rings is 1. The highest BCUT2D eigenvalue weighted by molar-refractivity contribution is 8.45. The van der Waals surface area contributed by atoms with E-state index in [0.717, 1.165) is 12.1 Å². The molecule has 25 heavy (non-hydrogen) atoms. The van der Waals surface area contributed by atoms with Crippen molar-refractivity contribution in [1.29, 1.82) is 0 Å². The lowest BCUT2D eigenvalue weighted by Crippen LogP contribution is -2.16. The molecule has 0 saturated heterocycles. The van der Waals surface area contributed by atoms with E-state index in [1.807, 2.05) is 0 Å². The molecule has 0 aliphatic rings. The Labute approximate surface area is 139 Å². The molecule has 0 aliphatic carbocycles. The van der Waals surface area contributed by atoms with Crippen LogP contribution < -0.4 is 5.32 Å². The van der Waals surface area contributed by atoms with E-state index >= 15 is 0 Å². The number of benzene rings is 1. The molecule has 0 fully saturated rings. The molecule has 2 aromatic heterocycles. The van der Waals surface area contributed by atoms with E-state index in [2.05, 4.69) is 10.3 Å². The number of carbonyl (C=O) groups is 1. The van der Waals surface area contributed by atoms with Crippen LogP contribution in [-0.4, -0.2) is 15.3 Å². The van der Waals surface area contributed by atoms with Gasteiger partial charge >= 0.3 is 10.2 Å². The topological polar surface area (TPSA) is 46.4 Å². The molecular formula is C15H12F5N3OS. The molecule has 2 heterocycles. The number of hydrogen-bond donors (Lipinski definition) is 1. The van der Waals surface area contributed by atoms with Gasteiger partial charge < -0.3 is 9.72 Å². The highest BCUT2D eigenvalue weighted by Gasteiger charge is 2.65. The number of fused-ring (bicyclic) bond motifs is 1. The zero-order chi connectivity index (χ0) is 18.4. The van der Waals surface area contributed by atoms with Crippen LogP contribution in [0.5, 0.6) is 0 Å². The third kappa shape index (κ3) is 3.90. The number of nitrogens with one attached hydrogen (secondary N) is 1. The molecule has 0 atom stereocenters. The monoisotopic (exact) mass is 377 g/mol. The SMILES string of the molecule is O=C(Cc1cccc2nccn12)Nc1ccc(S(F)(F)(F)(F)F)cc1. The number of carbonyl (C=O) groups excluding carboxylic acids is 1. The minimum Gasteiger partial charge on any atom is -0.326 e. The number of anilines is 1. The van der Waals surface area contributed by atoms with Crippen LogP contribution in [0.25, 0.3) is 5.65 Å². The predicted molar refractivity (Wildman–Crippen MR) is 85.4 cm³/mol. The maximum absolute atomic E-state index is 12.7. The molecule has 1 aromatic carbocycles. The normalized spacial score (nSPS) is 14.8. The third-order valence-electron chi connectivity index (χ3n) is 3.44. The summed E-state index contributed by atoms with van der Waals surface area (Å²) in [5.74, 6) is -0.499. The number of nitrogens with zero attached hydrogens (tertiary/aromatic N) is 2. The summed E-state index contributed by atoms with van der Waals surface area (Å²) in [6, 6.07) is 7.27. The van der Waals surface area contributed by atoms with Gasteiger partial charge in [-0.25, -0.2) is 4.98 Å². The molecule has 3 aromatic rings. The zero-order valence-corrected chi connectivity index (χ0v) is 13.3. The van der Waals surface area contributed by atoms with Gasteiger partial charge in [0, 0.05) is 23.8 Å². The van der Waals surface area contributed by atoms with Crippen molar-refractivity contribution in [1.82, 2.24) is 9.38 Å². The van der Waals surface area contributed by atoms with Crippen LogP contribution in [0.4, 0.5) is 25.1 Å². The summed E-state index contributed by atoms with van der Waals surface area (Å²) in [5.41, 5.74) is 1.26. The first-order chi connectivity index (χ1) is 11.4. The minimum atomic E-state index is -9.71. The van der Waals surface area contributed by atoms with E-state index in [9.17, 15) is 24.2 Å². The average molecular weight is 377 g/mol. The van der Waals surface area contributed by atoms with E-state index in [4.69, 9.17) is 0 Å². The summed E-state index contributed by atoms with van der Waals surface area (Å²) < 4.78 is 64.9. The highest BCUT2D eigenvalue weighted by atomic mass is 32.5. The van der Waals surface area contributed by atoms with Crippen molar-refractivity contribution in [2.75, 3.05) is 5.32 Å². The van der Waals surface area contributed by atoms with Crippen molar-refractivity contribution >= 4 is 27.5 Å². The van der Waals surface area contributed by atoms with Gasteiger partial charge in [0.2, 0.25) is 5.91 Å². The molecule has 3 rings (SSSR count). The predicted octanol–water partition coefficient (Wildman–Crippen LogP) is 5.17. The van der Waals surface area contributed by atoms with Crippen molar-refractivity contribution in [2.24, 2.45) is 0 Å². The molecule has 1 N–H and O–H groups in total. The first-order valence-corrected chi connectivity index (χ1v) is 8.92. The van der Waals surface area contributed by atoms with Gasteiger partial charge in [0.25, 0.3) is 0 Å². The Balaban J connectivity index is 1.75. The fourth-order valence-electron chi connectivity index (χ4n) is 2.32. The fraction of sp³-hybridized carbons (Fsp3) is 0.0667. The summed E-state index contributed by atoms with van der Waals surface area (Å²) in [4.78, 5) is 14.1. The molecular weight excluding hydrogens is 365 g/mol. The van der Waals surface area contributed by atoms with Crippen LogP contribution >= 0.6 is 10.2 Å². The van der Waals surface area contributed by atoms with E-state index in [1.165, 1.54) is 0 Å². The van der Waals surface area contributed by atoms with Gasteiger partial charge in [-0.2, -0.15) is 0 Å². The fourth-order valence-corrected chi connectivity index (χ4v) is 2.97. The average Bonchev–Trinajstić information content (AvgIpc) is 2.95. The molecule has 0 spiro atoms. The maximum Gasteiger partial charge on any atom is 0.310 e. The van der Waals surface area contributed by atoms with Gasteiger partial charge in [0.1, 0.15) is 10.5 Å². The van der Waals surface area contributed by atoms with Gasteiger partial charge in [-0.15, -0.1) is 0 Å². The molecule has 134 valence electrons. The summed E-state index contributed by atoms with van der Waals surface area (Å²) in [5, 5.41) is 2.38. The van der Waals surface area contributed by atoms with Crippen LogP contribution in [0.1, 0.15) is 5.69 Å². The van der Waals surface area contributed by atoms with Crippen molar-refractivity contribution in [2.45, 2.75) is 11.3 Å². The number of rotatable bonds is 4. The Morgan fingerprint density at radius 3 is 2.36 bits per heavy atom. The standard InChI is InChI=1S/C15H12F5N3OS/c16-25(17,18,19,20)13-6-4-11(5-7-13)22-15(24)10-12-2-1-3-14-21-8-9-23(12)14/h1-9H,10H2,(H,22,24). The van der Waals surface area contributed by atoms with Gasteiger partial charge in [-0.3, -0.25) is 4.79 Å². The molecule has 1 amide bonds. The van der Waals surface area contributed by atoms with Gasteiger partial charge in [-0.05, 0) is 36.4 Å². The molecule has 0 unspecified atom stereocenters. The van der Waals surface area contributed by atoms with Crippen LogP contribution in [0, 0.1) is 0 Å². The highest BCUT2D eigenvalue weighted by Crippen LogP contribution is 3.02. The van der Waals surface area contributed by atoms with Crippen LogP contribution in [0.3, 0.4) is 0 Å². The van der Waals surface area contributed by atoms with Crippen molar-refractivity contribution in [3.8, 4) is 0 Å². The second kappa shape index (κ2) is 4.94. The summed E-state index contributed by atoms with van der Waals surface area (Å²) in [6.07, 6.45) is 3.17. The molecule has 10 heteroatoms. The number of amides is 1. The van der Waals surface area contributed by atoms with E-state index in [1.54, 1.807) is 35.0 Å². The first-order valence-electron chi connectivity index (χ1n) is 6.97. The quantitative estimate of drug-likeness (QED) is 0.638. The lowest BCUT2D eigenvalue weighted by Gasteiger charge is -2.40. The minimum absolute atomic E-state index is 0.00611. The number of hydrogen-bond acceptors (Lipinski definition) is 2. The van der Waals surface area contributed by atoms with Crippen LogP contribution in [0.2, 0.25) is 0 Å². The van der Waals surface area contributed by atoms with E-state index in [0.29, 0.717) is 11.3 Å². The van der Waals surface area contributed by atoms with Gasteiger partial charge in [0.15, 0.2) is 0 Å². The lowest BCUT2D eigenvalue weighted by atomic mass is 10.2. The third-order valence-corrected chi connectivity index (χ3v) is 4.60. The largest absolute Gasteiger partial charge is 0.326 e. The Kier molecular flexibility index (Phi) is 3.40. The second-order valence-electron chi connectivity index (χ2n) is 5.39. The Morgan fingerprint density at radius 1 is 1.04 bits per heavy atom. The smallest absolute Gasteiger partial charge is 0.310 e. The summed E-state index contributed by atoms with van der Waals surface area (Å²) in [7, 11) is -9.71. The Hall–Kier alpha value is -2.62. The molecule has 4 nitrogen and oxygen atoms in total. The number of aromatic nitrogens is 2. The molecule has 0 radical (unpaired) electrons. The van der Waals surface area contributed by atoms with Crippen molar-refractivity contribution in [3.05, 3.63) is 60.6 Å². The van der Waals surface area contributed by atoms with Crippen molar-refractivity contribution in [3.63, 3.8) is 0 Å². The number of pyridine rings is 1. The summed E-state index contributed by atoms with van der Waals surface area (Å²) >= 11 is 0. The number of halogens is 5. The van der Waals surface area contributed by atoms with E-state index in [-0.39, 0.29) is 24.2 Å². The summed E-state index contributed by atoms with van der Waals surface area (Å²) in [6.45, 7) is 0. The molecule has 0 aliphatic heterocycles. The first kappa shape index (κ1) is 17.2. The van der Waals surface area contributed by atoms with Crippen molar-refractivity contribution < 1.29 is 24.2 Å². The maximum atomic E-state index is 12.7. The lowest BCUT2D eigenvalue weighted by molar-refractivity contribution is -0.115. The van der Waals surface area contributed by atoms with Crippen LogP contribution in [0.15, 0.2) is 59.8 Å². The Morgan fingerprint density at radius 2 is 1.72 bits per heavy atom. The zero-order valence-electron chi connectivity index (χ0n) is 12.5. The Bertz CT molecular complexity index is 951. The van der Waals surface area contributed by atoms with Gasteiger partial charge in [-0.1, -0.05) is 25.5 Å². The molecule has 0 bridgehead atoms.